The normalized spacial score (nSPS) is 36.9. The fourth-order valence-corrected chi connectivity index (χ4v) is 3.22. The maximum absolute atomic E-state index is 10.6. The van der Waals surface area contributed by atoms with Crippen molar-refractivity contribution in [2.75, 3.05) is 26.4 Å². The summed E-state index contributed by atoms with van der Waals surface area (Å²) in [4.78, 5) is 0. The summed E-state index contributed by atoms with van der Waals surface area (Å²) in [5, 5.41) is 10.6. The largest absolute Gasteiger partial charge is 0.390 e. The standard InChI is InChI=1S/C12H20O4/c13-11(10-1-6-14-9-10)2-4-12(5-3-11)15-7-8-16-12/h10,13H,1-9H2. The van der Waals surface area contributed by atoms with Gasteiger partial charge in [0.05, 0.1) is 25.4 Å². The maximum atomic E-state index is 10.6. The molecule has 0 aromatic carbocycles. The fraction of sp³-hybridized carbons (Fsp3) is 1.00. The van der Waals surface area contributed by atoms with Crippen LogP contribution >= 0.6 is 0 Å². The number of rotatable bonds is 1. The number of aliphatic hydroxyl groups is 1. The van der Waals surface area contributed by atoms with Crippen LogP contribution in [0.25, 0.3) is 0 Å². The molecule has 4 heteroatoms. The second-order valence-electron chi connectivity index (χ2n) is 5.27. The predicted octanol–water partition coefficient (Wildman–Crippen LogP) is 1.07. The Balaban J connectivity index is 1.64. The molecule has 2 heterocycles. The zero-order valence-corrected chi connectivity index (χ0v) is 9.61. The molecule has 1 spiro atoms. The van der Waals surface area contributed by atoms with E-state index < -0.39 is 5.60 Å². The van der Waals surface area contributed by atoms with Crippen molar-refractivity contribution in [3.63, 3.8) is 0 Å². The van der Waals surface area contributed by atoms with Crippen molar-refractivity contribution in [1.29, 1.82) is 0 Å². The zero-order chi connectivity index (χ0) is 11.1. The Labute approximate surface area is 95.9 Å². The van der Waals surface area contributed by atoms with Gasteiger partial charge in [-0.1, -0.05) is 0 Å². The topological polar surface area (TPSA) is 47.9 Å². The molecule has 16 heavy (non-hydrogen) atoms. The van der Waals surface area contributed by atoms with Gasteiger partial charge in [-0.25, -0.2) is 0 Å². The predicted molar refractivity (Wildman–Crippen MR) is 57.0 cm³/mol. The van der Waals surface area contributed by atoms with Crippen molar-refractivity contribution in [3.05, 3.63) is 0 Å². The highest BCUT2D eigenvalue weighted by atomic mass is 16.7. The summed E-state index contributed by atoms with van der Waals surface area (Å²) in [6, 6.07) is 0. The summed E-state index contributed by atoms with van der Waals surface area (Å²) >= 11 is 0. The van der Waals surface area contributed by atoms with Gasteiger partial charge in [0.2, 0.25) is 0 Å². The van der Waals surface area contributed by atoms with Crippen molar-refractivity contribution < 1.29 is 19.3 Å². The minimum Gasteiger partial charge on any atom is -0.390 e. The van der Waals surface area contributed by atoms with Crippen LogP contribution in [0.15, 0.2) is 0 Å². The van der Waals surface area contributed by atoms with E-state index in [9.17, 15) is 5.11 Å². The van der Waals surface area contributed by atoms with Crippen LogP contribution in [0, 0.1) is 5.92 Å². The summed E-state index contributed by atoms with van der Waals surface area (Å²) in [6.07, 6.45) is 4.19. The zero-order valence-electron chi connectivity index (χ0n) is 9.61. The van der Waals surface area contributed by atoms with Gasteiger partial charge < -0.3 is 19.3 Å². The Bertz CT molecular complexity index is 244. The molecule has 0 aromatic heterocycles. The molecule has 0 amide bonds. The first-order chi connectivity index (χ1) is 7.73. The summed E-state index contributed by atoms with van der Waals surface area (Å²) in [5.41, 5.74) is -0.545. The summed E-state index contributed by atoms with van der Waals surface area (Å²) < 4.78 is 16.7. The van der Waals surface area contributed by atoms with Gasteiger partial charge in [-0.2, -0.15) is 0 Å². The molecule has 0 aromatic rings. The van der Waals surface area contributed by atoms with Crippen LogP contribution in [-0.4, -0.2) is 42.9 Å². The van der Waals surface area contributed by atoms with Crippen LogP contribution in [-0.2, 0) is 14.2 Å². The van der Waals surface area contributed by atoms with E-state index in [1.807, 2.05) is 0 Å². The van der Waals surface area contributed by atoms with E-state index in [1.165, 1.54) is 0 Å². The van der Waals surface area contributed by atoms with E-state index in [2.05, 4.69) is 0 Å². The molecule has 1 aliphatic carbocycles. The van der Waals surface area contributed by atoms with E-state index in [1.54, 1.807) is 0 Å². The first-order valence-corrected chi connectivity index (χ1v) is 6.31. The minimum absolute atomic E-state index is 0.311. The van der Waals surface area contributed by atoms with E-state index in [-0.39, 0.29) is 5.79 Å². The van der Waals surface area contributed by atoms with Crippen LogP contribution in [0.4, 0.5) is 0 Å². The van der Waals surface area contributed by atoms with Gasteiger partial charge >= 0.3 is 0 Å². The Morgan fingerprint density at radius 2 is 1.62 bits per heavy atom. The number of hydrogen-bond acceptors (Lipinski definition) is 4. The van der Waals surface area contributed by atoms with E-state index in [0.717, 1.165) is 38.7 Å². The SMILES string of the molecule is OC1(C2CCOC2)CCC2(CC1)OCCO2. The highest BCUT2D eigenvalue weighted by molar-refractivity contribution is 4.96. The second kappa shape index (κ2) is 3.95. The lowest BCUT2D eigenvalue weighted by Gasteiger charge is -2.43. The monoisotopic (exact) mass is 228 g/mol. The van der Waals surface area contributed by atoms with Crippen LogP contribution < -0.4 is 0 Å². The van der Waals surface area contributed by atoms with Gasteiger partial charge in [-0.3, -0.25) is 0 Å². The Morgan fingerprint density at radius 1 is 0.938 bits per heavy atom. The third-order valence-electron chi connectivity index (χ3n) is 4.38. The molecular weight excluding hydrogens is 208 g/mol. The average molecular weight is 228 g/mol. The molecule has 3 aliphatic rings. The van der Waals surface area contributed by atoms with E-state index >= 15 is 0 Å². The van der Waals surface area contributed by atoms with Gasteiger partial charge in [0.25, 0.3) is 0 Å². The van der Waals surface area contributed by atoms with Gasteiger partial charge in [0, 0.05) is 25.4 Å². The van der Waals surface area contributed by atoms with Crippen molar-refractivity contribution in [2.24, 2.45) is 5.92 Å². The van der Waals surface area contributed by atoms with Gasteiger partial charge in [0.1, 0.15) is 0 Å². The van der Waals surface area contributed by atoms with Crippen LogP contribution in [0.3, 0.4) is 0 Å². The highest BCUT2D eigenvalue weighted by Gasteiger charge is 2.49. The molecule has 0 radical (unpaired) electrons. The summed E-state index contributed by atoms with van der Waals surface area (Å²) in [5.74, 6) is -0.0580. The molecule has 1 N–H and O–H groups in total. The second-order valence-corrected chi connectivity index (χ2v) is 5.27. The average Bonchev–Trinajstić information content (AvgIpc) is 2.96. The minimum atomic E-state index is -0.545. The van der Waals surface area contributed by atoms with Crippen LogP contribution in [0.1, 0.15) is 32.1 Å². The molecule has 3 rings (SSSR count). The van der Waals surface area contributed by atoms with E-state index in [0.29, 0.717) is 25.7 Å². The molecule has 4 nitrogen and oxygen atoms in total. The third-order valence-corrected chi connectivity index (χ3v) is 4.38. The quantitative estimate of drug-likeness (QED) is 0.729. The first kappa shape index (κ1) is 11.0. The molecule has 1 saturated carbocycles. The smallest absolute Gasteiger partial charge is 0.168 e. The molecule has 2 saturated heterocycles. The van der Waals surface area contributed by atoms with Gasteiger partial charge in [-0.15, -0.1) is 0 Å². The third kappa shape index (κ3) is 1.78. The molecule has 2 aliphatic heterocycles. The molecule has 1 atom stereocenters. The van der Waals surface area contributed by atoms with Crippen molar-refractivity contribution in [1.82, 2.24) is 0 Å². The molecule has 0 bridgehead atoms. The molecule has 3 fully saturated rings. The van der Waals surface area contributed by atoms with Crippen molar-refractivity contribution in [2.45, 2.75) is 43.5 Å². The van der Waals surface area contributed by atoms with Crippen molar-refractivity contribution in [3.8, 4) is 0 Å². The Hall–Kier alpha value is -0.160. The molecular formula is C12H20O4. The Kier molecular flexibility index (Phi) is 2.70. The van der Waals surface area contributed by atoms with Crippen LogP contribution in [0.2, 0.25) is 0 Å². The number of hydrogen-bond donors (Lipinski definition) is 1. The van der Waals surface area contributed by atoms with Crippen molar-refractivity contribution >= 4 is 0 Å². The van der Waals surface area contributed by atoms with Gasteiger partial charge in [-0.05, 0) is 19.3 Å². The first-order valence-electron chi connectivity index (χ1n) is 6.31. The molecule has 92 valence electrons. The lowest BCUT2D eigenvalue weighted by Crippen LogP contribution is -2.48. The summed E-state index contributed by atoms with van der Waals surface area (Å²) in [7, 11) is 0. The Morgan fingerprint density at radius 3 is 2.19 bits per heavy atom. The lowest BCUT2D eigenvalue weighted by molar-refractivity contribution is -0.210. The highest BCUT2D eigenvalue weighted by Crippen LogP contribution is 2.44. The maximum Gasteiger partial charge on any atom is 0.168 e. The number of ether oxygens (including phenoxy) is 3. The van der Waals surface area contributed by atoms with E-state index in [4.69, 9.17) is 14.2 Å². The molecule has 1 unspecified atom stereocenters. The van der Waals surface area contributed by atoms with Gasteiger partial charge in [0.15, 0.2) is 5.79 Å². The summed E-state index contributed by atoms with van der Waals surface area (Å²) in [6.45, 7) is 2.91. The lowest BCUT2D eigenvalue weighted by atomic mass is 9.73. The van der Waals surface area contributed by atoms with Crippen LogP contribution in [0.5, 0.6) is 0 Å². The fourth-order valence-electron chi connectivity index (χ4n) is 3.22.